The van der Waals surface area contributed by atoms with E-state index in [9.17, 15) is 4.79 Å². The molecule has 0 saturated heterocycles. The summed E-state index contributed by atoms with van der Waals surface area (Å²) in [7, 11) is 1.33. The lowest BCUT2D eigenvalue weighted by atomic mass is 10.1. The number of methoxy groups -OCH3 is 1. The molecule has 1 aromatic rings. The molecule has 2 N–H and O–H groups in total. The van der Waals surface area contributed by atoms with Gasteiger partial charge in [-0.1, -0.05) is 24.3 Å². The first-order valence-electron chi connectivity index (χ1n) is 5.83. The summed E-state index contributed by atoms with van der Waals surface area (Å²) >= 11 is 0. The Hall–Kier alpha value is -1.81. The third kappa shape index (κ3) is 4.59. The van der Waals surface area contributed by atoms with Gasteiger partial charge in [-0.3, -0.25) is 4.79 Å². The van der Waals surface area contributed by atoms with Gasteiger partial charge in [0.25, 0.3) is 0 Å². The Kier molecular flexibility index (Phi) is 5.94. The number of rotatable bonds is 6. The number of benzene rings is 1. The highest BCUT2D eigenvalue weighted by molar-refractivity contribution is 5.75. The summed E-state index contributed by atoms with van der Waals surface area (Å²) in [5, 5.41) is 0. The molecular weight excluding hydrogens is 230 g/mol. The van der Waals surface area contributed by atoms with Gasteiger partial charge in [-0.25, -0.2) is 0 Å². The van der Waals surface area contributed by atoms with Crippen molar-refractivity contribution in [1.29, 1.82) is 0 Å². The number of allylic oxidation sites excluding steroid dienone is 1. The second-order valence-electron chi connectivity index (χ2n) is 3.86. The topological polar surface area (TPSA) is 61.5 Å². The summed E-state index contributed by atoms with van der Waals surface area (Å²) in [4.78, 5) is 11.2. The Morgan fingerprint density at radius 2 is 2.06 bits per heavy atom. The third-order valence-electron chi connectivity index (χ3n) is 2.46. The fraction of sp³-hybridized carbons (Fsp3) is 0.357. The number of hydrogen-bond acceptors (Lipinski definition) is 4. The van der Waals surface area contributed by atoms with E-state index in [-0.39, 0.29) is 0 Å². The molecule has 18 heavy (non-hydrogen) atoms. The van der Waals surface area contributed by atoms with E-state index in [4.69, 9.17) is 10.5 Å². The lowest BCUT2D eigenvalue weighted by molar-refractivity contribution is -0.142. The van der Waals surface area contributed by atoms with Crippen LogP contribution in [-0.2, 0) is 16.0 Å². The number of carbonyl (C=O) groups is 1. The molecule has 0 heterocycles. The minimum atomic E-state index is -0.621. The van der Waals surface area contributed by atoms with Gasteiger partial charge in [0.2, 0.25) is 0 Å². The van der Waals surface area contributed by atoms with E-state index in [0.29, 0.717) is 13.0 Å². The Morgan fingerprint density at radius 3 is 2.61 bits per heavy atom. The number of nitrogens with two attached hydrogens (primary N) is 1. The van der Waals surface area contributed by atoms with Crippen molar-refractivity contribution in [2.75, 3.05) is 13.7 Å². The van der Waals surface area contributed by atoms with Crippen LogP contribution in [0.3, 0.4) is 0 Å². The van der Waals surface area contributed by atoms with E-state index >= 15 is 0 Å². The zero-order valence-corrected chi connectivity index (χ0v) is 10.8. The van der Waals surface area contributed by atoms with E-state index in [0.717, 1.165) is 11.3 Å². The van der Waals surface area contributed by atoms with Gasteiger partial charge in [-0.05, 0) is 31.0 Å². The minimum absolute atomic E-state index is 0.400. The Labute approximate surface area is 107 Å². The van der Waals surface area contributed by atoms with Crippen LogP contribution in [0.25, 0.3) is 0 Å². The van der Waals surface area contributed by atoms with E-state index in [1.807, 2.05) is 43.3 Å². The van der Waals surface area contributed by atoms with Crippen LogP contribution in [-0.4, -0.2) is 25.7 Å². The predicted octanol–water partition coefficient (Wildman–Crippen LogP) is 1.68. The summed E-state index contributed by atoms with van der Waals surface area (Å²) < 4.78 is 10.0. The average Bonchev–Trinajstić information content (AvgIpc) is 2.40. The molecule has 0 saturated carbocycles. The molecule has 1 atom stereocenters. The Balaban J connectivity index is 2.52. The number of carbonyl (C=O) groups excluding carboxylic acids is 1. The second-order valence-corrected chi connectivity index (χ2v) is 3.86. The molecule has 4 nitrogen and oxygen atoms in total. The third-order valence-corrected chi connectivity index (χ3v) is 2.46. The van der Waals surface area contributed by atoms with Gasteiger partial charge in [-0.2, -0.15) is 0 Å². The fourth-order valence-corrected chi connectivity index (χ4v) is 1.45. The molecule has 0 bridgehead atoms. The maximum absolute atomic E-state index is 11.2. The SMILES string of the molecule is CC=CCOc1ccc(CC(N)C(=O)OC)cc1. The molecular formula is C14H19NO3. The first kappa shape index (κ1) is 14.3. The van der Waals surface area contributed by atoms with Crippen molar-refractivity contribution in [1.82, 2.24) is 0 Å². The van der Waals surface area contributed by atoms with Gasteiger partial charge in [0.15, 0.2) is 0 Å². The van der Waals surface area contributed by atoms with E-state index in [1.165, 1.54) is 7.11 Å². The minimum Gasteiger partial charge on any atom is -0.490 e. The van der Waals surface area contributed by atoms with Crippen LogP contribution in [0.4, 0.5) is 0 Å². The van der Waals surface area contributed by atoms with Gasteiger partial charge in [0.1, 0.15) is 18.4 Å². The summed E-state index contributed by atoms with van der Waals surface area (Å²) in [6, 6.07) is 6.90. The standard InChI is InChI=1S/C14H19NO3/c1-3-4-9-18-12-7-5-11(6-8-12)10-13(15)14(16)17-2/h3-8,13H,9-10,15H2,1-2H3. The quantitative estimate of drug-likeness (QED) is 0.615. The normalized spacial score (nSPS) is 12.4. The largest absolute Gasteiger partial charge is 0.490 e. The van der Waals surface area contributed by atoms with E-state index < -0.39 is 12.0 Å². The van der Waals surface area contributed by atoms with Crippen LogP contribution in [0.15, 0.2) is 36.4 Å². The van der Waals surface area contributed by atoms with Gasteiger partial charge in [0, 0.05) is 0 Å². The van der Waals surface area contributed by atoms with Crippen LogP contribution in [0.1, 0.15) is 12.5 Å². The number of hydrogen-bond donors (Lipinski definition) is 1. The molecule has 0 aliphatic rings. The zero-order valence-electron chi connectivity index (χ0n) is 10.8. The molecule has 4 heteroatoms. The van der Waals surface area contributed by atoms with Crippen LogP contribution in [0.5, 0.6) is 5.75 Å². The maximum atomic E-state index is 11.2. The van der Waals surface area contributed by atoms with Crippen LogP contribution >= 0.6 is 0 Å². The van der Waals surface area contributed by atoms with Crippen molar-refractivity contribution in [3.63, 3.8) is 0 Å². The molecule has 0 spiro atoms. The lowest BCUT2D eigenvalue weighted by Gasteiger charge is -2.09. The number of esters is 1. The maximum Gasteiger partial charge on any atom is 0.322 e. The highest BCUT2D eigenvalue weighted by Crippen LogP contribution is 2.13. The second kappa shape index (κ2) is 7.50. The Bertz CT molecular complexity index is 398. The fourth-order valence-electron chi connectivity index (χ4n) is 1.45. The van der Waals surface area contributed by atoms with Crippen molar-refractivity contribution in [2.45, 2.75) is 19.4 Å². The summed E-state index contributed by atoms with van der Waals surface area (Å²) in [6.45, 7) is 2.50. The summed E-state index contributed by atoms with van der Waals surface area (Å²) in [5.41, 5.74) is 6.66. The van der Waals surface area contributed by atoms with Gasteiger partial charge >= 0.3 is 5.97 Å². The van der Waals surface area contributed by atoms with Crippen LogP contribution < -0.4 is 10.5 Å². The molecule has 1 unspecified atom stereocenters. The number of ether oxygens (including phenoxy) is 2. The van der Waals surface area contributed by atoms with Gasteiger partial charge in [0.05, 0.1) is 7.11 Å². The average molecular weight is 249 g/mol. The summed E-state index contributed by atoms with van der Waals surface area (Å²) in [6.07, 6.45) is 4.33. The van der Waals surface area contributed by atoms with Gasteiger partial charge < -0.3 is 15.2 Å². The highest BCUT2D eigenvalue weighted by atomic mass is 16.5. The Morgan fingerprint density at radius 1 is 1.39 bits per heavy atom. The first-order chi connectivity index (χ1) is 8.67. The molecule has 98 valence electrons. The van der Waals surface area contributed by atoms with Crippen molar-refractivity contribution < 1.29 is 14.3 Å². The molecule has 1 aromatic carbocycles. The molecule has 0 aromatic heterocycles. The highest BCUT2D eigenvalue weighted by Gasteiger charge is 2.13. The zero-order chi connectivity index (χ0) is 13.4. The lowest BCUT2D eigenvalue weighted by Crippen LogP contribution is -2.33. The first-order valence-corrected chi connectivity index (χ1v) is 5.83. The summed E-state index contributed by atoms with van der Waals surface area (Å²) in [5.74, 6) is 0.395. The van der Waals surface area contributed by atoms with Crippen LogP contribution in [0.2, 0.25) is 0 Å². The predicted molar refractivity (Wildman–Crippen MR) is 70.4 cm³/mol. The molecule has 0 amide bonds. The molecule has 0 radical (unpaired) electrons. The molecule has 0 fully saturated rings. The molecule has 1 rings (SSSR count). The van der Waals surface area contributed by atoms with Gasteiger partial charge in [-0.15, -0.1) is 0 Å². The van der Waals surface area contributed by atoms with Crippen molar-refractivity contribution in [2.24, 2.45) is 5.73 Å². The van der Waals surface area contributed by atoms with Crippen molar-refractivity contribution in [3.05, 3.63) is 42.0 Å². The van der Waals surface area contributed by atoms with Crippen molar-refractivity contribution >= 4 is 5.97 Å². The van der Waals surface area contributed by atoms with Crippen molar-refractivity contribution in [3.8, 4) is 5.75 Å². The molecule has 0 aliphatic heterocycles. The smallest absolute Gasteiger partial charge is 0.322 e. The van der Waals surface area contributed by atoms with E-state index in [2.05, 4.69) is 4.74 Å². The van der Waals surface area contributed by atoms with Crippen LogP contribution in [0, 0.1) is 0 Å². The molecule has 0 aliphatic carbocycles. The monoisotopic (exact) mass is 249 g/mol. The van der Waals surface area contributed by atoms with E-state index in [1.54, 1.807) is 0 Å².